The average Bonchev–Trinajstić information content (AvgIpc) is 2.21. The Morgan fingerprint density at radius 1 is 1.71 bits per heavy atom. The van der Waals surface area contributed by atoms with Gasteiger partial charge < -0.3 is 14.5 Å². The summed E-state index contributed by atoms with van der Waals surface area (Å²) in [4.78, 5) is 17.1. The molecule has 0 saturated carbocycles. The van der Waals surface area contributed by atoms with Gasteiger partial charge >= 0.3 is 7.60 Å². The summed E-state index contributed by atoms with van der Waals surface area (Å²) in [7, 11) is -2.56. The molecule has 1 fully saturated rings. The SMILES string of the molecule is B[C@@H]1O[C@H](/C=C\P(=O)(O)O)C[C@@]1(C)F. The summed E-state index contributed by atoms with van der Waals surface area (Å²) in [6, 6.07) is -0.547. The minimum absolute atomic E-state index is 0.130. The number of halogens is 1. The van der Waals surface area contributed by atoms with E-state index in [0.717, 1.165) is 5.82 Å². The Hall–Kier alpha value is -0.155. The van der Waals surface area contributed by atoms with Gasteiger partial charge in [-0.05, 0) is 13.0 Å². The Kier molecular flexibility index (Phi) is 3.21. The smallest absolute Gasteiger partial charge is 0.348 e. The Morgan fingerprint density at radius 3 is 2.64 bits per heavy atom. The van der Waals surface area contributed by atoms with Gasteiger partial charge in [-0.15, -0.1) is 0 Å². The van der Waals surface area contributed by atoms with E-state index in [0.29, 0.717) is 0 Å². The second kappa shape index (κ2) is 3.78. The van der Waals surface area contributed by atoms with Crippen LogP contribution in [-0.4, -0.2) is 35.4 Å². The van der Waals surface area contributed by atoms with Crippen LogP contribution in [0.2, 0.25) is 0 Å². The first-order chi connectivity index (χ1) is 6.21. The number of alkyl halides is 1. The molecule has 7 heteroatoms. The fourth-order valence-corrected chi connectivity index (χ4v) is 1.75. The Morgan fingerprint density at radius 2 is 2.29 bits per heavy atom. The zero-order valence-corrected chi connectivity index (χ0v) is 8.95. The van der Waals surface area contributed by atoms with Gasteiger partial charge in [0.25, 0.3) is 0 Å². The third-order valence-corrected chi connectivity index (χ3v) is 2.88. The van der Waals surface area contributed by atoms with E-state index in [1.54, 1.807) is 7.85 Å². The Labute approximate surface area is 82.7 Å². The fraction of sp³-hybridized carbons (Fsp3) is 0.714. The van der Waals surface area contributed by atoms with Gasteiger partial charge in [0.2, 0.25) is 0 Å². The van der Waals surface area contributed by atoms with Gasteiger partial charge in [-0.25, -0.2) is 4.39 Å². The number of hydrogen-bond donors (Lipinski definition) is 2. The molecule has 0 aromatic heterocycles. The van der Waals surface area contributed by atoms with Crippen molar-refractivity contribution in [2.24, 2.45) is 0 Å². The lowest BCUT2D eigenvalue weighted by Gasteiger charge is -2.15. The maximum absolute atomic E-state index is 13.5. The average molecular weight is 222 g/mol. The van der Waals surface area contributed by atoms with Gasteiger partial charge in [0, 0.05) is 12.2 Å². The second-order valence-corrected chi connectivity index (χ2v) is 5.21. The molecular formula is C7H13BFO4P. The van der Waals surface area contributed by atoms with Gasteiger partial charge in [-0.1, -0.05) is 0 Å². The predicted molar refractivity (Wildman–Crippen MR) is 52.5 cm³/mol. The number of hydrogen-bond acceptors (Lipinski definition) is 2. The standard InChI is InChI=1S/C7H13BFO4P/c1-7(9)4-5(13-6(7)8)2-3-14(10,11)12/h2-3,5-6H,4,8H2,1H3,(H2,10,11,12)/b3-2-/t5-,6-,7-/m1/s1. The van der Waals surface area contributed by atoms with Crippen molar-refractivity contribution < 1.29 is 23.5 Å². The molecule has 80 valence electrons. The van der Waals surface area contributed by atoms with E-state index in [1.807, 2.05) is 0 Å². The van der Waals surface area contributed by atoms with Crippen LogP contribution in [0.25, 0.3) is 0 Å². The molecule has 14 heavy (non-hydrogen) atoms. The molecule has 3 atom stereocenters. The zero-order chi connectivity index (χ0) is 11.0. The highest BCUT2D eigenvalue weighted by Gasteiger charge is 2.41. The molecule has 4 nitrogen and oxygen atoms in total. The van der Waals surface area contributed by atoms with E-state index in [4.69, 9.17) is 14.5 Å². The fourth-order valence-electron chi connectivity index (χ4n) is 1.33. The topological polar surface area (TPSA) is 66.8 Å². The maximum Gasteiger partial charge on any atom is 0.348 e. The summed E-state index contributed by atoms with van der Waals surface area (Å²) in [5, 5.41) is 0. The molecule has 0 aromatic carbocycles. The van der Waals surface area contributed by atoms with Gasteiger partial charge in [-0.3, -0.25) is 4.57 Å². The molecule has 1 aliphatic rings. The maximum atomic E-state index is 13.5. The van der Waals surface area contributed by atoms with Crippen LogP contribution in [0, 0.1) is 0 Å². The summed E-state index contributed by atoms with van der Waals surface area (Å²) in [5.41, 5.74) is -1.43. The van der Waals surface area contributed by atoms with Crippen molar-refractivity contribution in [1.82, 2.24) is 0 Å². The van der Waals surface area contributed by atoms with E-state index in [9.17, 15) is 8.96 Å². The normalized spacial score (nSPS) is 39.4. The molecule has 1 saturated heterocycles. The van der Waals surface area contributed by atoms with Crippen molar-refractivity contribution in [2.45, 2.75) is 31.1 Å². The van der Waals surface area contributed by atoms with Crippen LogP contribution in [0.15, 0.2) is 11.9 Å². The van der Waals surface area contributed by atoms with Gasteiger partial charge in [0.05, 0.1) is 12.1 Å². The van der Waals surface area contributed by atoms with E-state index >= 15 is 0 Å². The minimum atomic E-state index is -4.16. The van der Waals surface area contributed by atoms with Gasteiger partial charge in [0.15, 0.2) is 0 Å². The monoisotopic (exact) mass is 222 g/mol. The Bertz CT molecular complexity index is 287. The first-order valence-corrected chi connectivity index (χ1v) is 5.98. The highest BCUT2D eigenvalue weighted by Crippen LogP contribution is 2.38. The summed E-state index contributed by atoms with van der Waals surface area (Å²) >= 11 is 0. The molecule has 2 N–H and O–H groups in total. The van der Waals surface area contributed by atoms with Crippen molar-refractivity contribution in [3.63, 3.8) is 0 Å². The summed E-state index contributed by atoms with van der Waals surface area (Å²) in [6.07, 6.45) is 0.805. The number of rotatable bonds is 2. The molecule has 0 radical (unpaired) electrons. The van der Waals surface area contributed by atoms with Crippen LogP contribution in [0.4, 0.5) is 4.39 Å². The number of ether oxygens (including phenoxy) is 1. The first-order valence-electron chi connectivity index (χ1n) is 4.30. The quantitative estimate of drug-likeness (QED) is 0.515. The molecule has 0 unspecified atom stereocenters. The molecule has 0 spiro atoms. The van der Waals surface area contributed by atoms with Crippen molar-refractivity contribution in [3.8, 4) is 0 Å². The highest BCUT2D eigenvalue weighted by molar-refractivity contribution is 7.55. The Balaban J connectivity index is 2.60. The molecule has 1 aliphatic heterocycles. The highest BCUT2D eigenvalue weighted by atomic mass is 31.2. The molecule has 1 heterocycles. The lowest BCUT2D eigenvalue weighted by Crippen LogP contribution is -2.29. The van der Waals surface area contributed by atoms with Crippen LogP contribution in [-0.2, 0) is 9.30 Å². The second-order valence-electron chi connectivity index (χ2n) is 3.73. The molecule has 0 aliphatic carbocycles. The summed E-state index contributed by atoms with van der Waals surface area (Å²) in [5.74, 6) is 0.756. The summed E-state index contributed by atoms with van der Waals surface area (Å²) < 4.78 is 29.2. The zero-order valence-electron chi connectivity index (χ0n) is 8.05. The van der Waals surface area contributed by atoms with Crippen LogP contribution in [0.1, 0.15) is 13.3 Å². The first kappa shape index (κ1) is 11.9. The van der Waals surface area contributed by atoms with Crippen LogP contribution < -0.4 is 0 Å². The van der Waals surface area contributed by atoms with Crippen molar-refractivity contribution in [3.05, 3.63) is 11.9 Å². The molecule has 0 aromatic rings. The van der Waals surface area contributed by atoms with Crippen molar-refractivity contribution in [2.75, 3.05) is 0 Å². The van der Waals surface area contributed by atoms with Crippen LogP contribution in [0.3, 0.4) is 0 Å². The van der Waals surface area contributed by atoms with E-state index < -0.39 is 25.4 Å². The minimum Gasteiger partial charge on any atom is -0.377 e. The van der Waals surface area contributed by atoms with Gasteiger partial charge in [0.1, 0.15) is 13.5 Å². The largest absolute Gasteiger partial charge is 0.377 e. The predicted octanol–water partition coefficient (Wildman–Crippen LogP) is 0.154. The van der Waals surface area contributed by atoms with Crippen LogP contribution >= 0.6 is 7.60 Å². The molecule has 0 bridgehead atoms. The van der Waals surface area contributed by atoms with Crippen molar-refractivity contribution in [1.29, 1.82) is 0 Å². The van der Waals surface area contributed by atoms with Crippen molar-refractivity contribution >= 4 is 15.4 Å². The molecule has 0 amide bonds. The third-order valence-electron chi connectivity index (χ3n) is 2.32. The molecular weight excluding hydrogens is 209 g/mol. The van der Waals surface area contributed by atoms with Crippen LogP contribution in [0.5, 0.6) is 0 Å². The van der Waals surface area contributed by atoms with E-state index in [1.165, 1.54) is 13.0 Å². The van der Waals surface area contributed by atoms with E-state index in [2.05, 4.69) is 0 Å². The van der Waals surface area contributed by atoms with Gasteiger partial charge in [-0.2, -0.15) is 0 Å². The lowest BCUT2D eigenvalue weighted by atomic mass is 9.85. The molecule has 1 rings (SSSR count). The third kappa shape index (κ3) is 3.21. The lowest BCUT2D eigenvalue weighted by molar-refractivity contribution is 0.0726. The summed E-state index contributed by atoms with van der Waals surface area (Å²) in [6.45, 7) is 1.42. The van der Waals surface area contributed by atoms with E-state index in [-0.39, 0.29) is 6.42 Å².